The Hall–Kier alpha value is -1.03. The first-order valence-corrected chi connectivity index (χ1v) is 3.66. The standard InChI is InChI=1S/C7H12N2O2/c1-2-6(5-10)9-4-3-8-7(9)11/h3-4,6,10H,2,5H2,1H3,(H,8,11). The summed E-state index contributed by atoms with van der Waals surface area (Å²) in [6, 6.07) is -0.0891. The van der Waals surface area contributed by atoms with Gasteiger partial charge in [0.25, 0.3) is 0 Å². The lowest BCUT2D eigenvalue weighted by atomic mass is 10.2. The molecule has 0 fully saturated rings. The normalized spacial score (nSPS) is 13.3. The topological polar surface area (TPSA) is 58.0 Å². The van der Waals surface area contributed by atoms with Crippen LogP contribution in [-0.4, -0.2) is 21.3 Å². The number of aromatic nitrogens is 2. The van der Waals surface area contributed by atoms with Gasteiger partial charge in [-0.1, -0.05) is 6.92 Å². The molecule has 62 valence electrons. The number of aromatic amines is 1. The maximum Gasteiger partial charge on any atom is 0.325 e. The lowest BCUT2D eigenvalue weighted by Crippen LogP contribution is -2.23. The summed E-state index contributed by atoms with van der Waals surface area (Å²) in [5.41, 5.74) is -0.161. The predicted molar refractivity (Wildman–Crippen MR) is 41.5 cm³/mol. The maximum absolute atomic E-state index is 11.0. The number of rotatable bonds is 3. The van der Waals surface area contributed by atoms with Crippen LogP contribution in [0.5, 0.6) is 0 Å². The van der Waals surface area contributed by atoms with Crippen LogP contribution >= 0.6 is 0 Å². The van der Waals surface area contributed by atoms with E-state index in [0.29, 0.717) is 0 Å². The highest BCUT2D eigenvalue weighted by atomic mass is 16.3. The van der Waals surface area contributed by atoms with Crippen molar-refractivity contribution < 1.29 is 5.11 Å². The second-order valence-corrected chi connectivity index (χ2v) is 2.42. The van der Waals surface area contributed by atoms with Crippen molar-refractivity contribution in [2.45, 2.75) is 19.4 Å². The summed E-state index contributed by atoms with van der Waals surface area (Å²) in [6.45, 7) is 1.94. The van der Waals surface area contributed by atoms with Crippen LogP contribution in [0.2, 0.25) is 0 Å². The van der Waals surface area contributed by atoms with E-state index in [1.54, 1.807) is 12.4 Å². The minimum Gasteiger partial charge on any atom is -0.394 e. The number of hydrogen-bond donors (Lipinski definition) is 2. The van der Waals surface area contributed by atoms with E-state index in [2.05, 4.69) is 4.98 Å². The zero-order chi connectivity index (χ0) is 8.27. The summed E-state index contributed by atoms with van der Waals surface area (Å²) in [7, 11) is 0. The first-order chi connectivity index (χ1) is 5.29. The van der Waals surface area contributed by atoms with Gasteiger partial charge in [-0.2, -0.15) is 0 Å². The molecule has 1 heterocycles. The minimum atomic E-state index is -0.161. The second-order valence-electron chi connectivity index (χ2n) is 2.42. The molecule has 0 aliphatic heterocycles. The number of hydrogen-bond acceptors (Lipinski definition) is 2. The fourth-order valence-corrected chi connectivity index (χ4v) is 1.03. The van der Waals surface area contributed by atoms with E-state index < -0.39 is 0 Å². The molecule has 0 aliphatic rings. The molecule has 4 nitrogen and oxygen atoms in total. The van der Waals surface area contributed by atoms with Gasteiger partial charge >= 0.3 is 5.69 Å². The summed E-state index contributed by atoms with van der Waals surface area (Å²) >= 11 is 0. The highest BCUT2D eigenvalue weighted by Crippen LogP contribution is 2.05. The Balaban J connectivity index is 2.90. The Labute approximate surface area is 64.5 Å². The van der Waals surface area contributed by atoms with Crippen LogP contribution in [0.15, 0.2) is 17.2 Å². The molecule has 1 aromatic rings. The Morgan fingerprint density at radius 1 is 1.82 bits per heavy atom. The van der Waals surface area contributed by atoms with Crippen LogP contribution in [0.25, 0.3) is 0 Å². The third kappa shape index (κ3) is 1.51. The molecule has 0 aromatic carbocycles. The Kier molecular flexibility index (Phi) is 2.48. The average molecular weight is 156 g/mol. The van der Waals surface area contributed by atoms with Crippen molar-refractivity contribution >= 4 is 0 Å². The lowest BCUT2D eigenvalue weighted by molar-refractivity contribution is 0.222. The third-order valence-corrected chi connectivity index (χ3v) is 1.75. The van der Waals surface area contributed by atoms with E-state index in [-0.39, 0.29) is 18.3 Å². The molecular weight excluding hydrogens is 144 g/mol. The average Bonchev–Trinajstić information content (AvgIpc) is 2.40. The van der Waals surface area contributed by atoms with Gasteiger partial charge in [-0.25, -0.2) is 4.79 Å². The molecule has 0 bridgehead atoms. The quantitative estimate of drug-likeness (QED) is 0.653. The first-order valence-electron chi connectivity index (χ1n) is 3.66. The van der Waals surface area contributed by atoms with Crippen molar-refractivity contribution in [1.29, 1.82) is 0 Å². The smallest absolute Gasteiger partial charge is 0.325 e. The molecular formula is C7H12N2O2. The zero-order valence-corrected chi connectivity index (χ0v) is 6.45. The fraction of sp³-hybridized carbons (Fsp3) is 0.571. The molecule has 0 spiro atoms. The Bertz CT molecular complexity index is 259. The van der Waals surface area contributed by atoms with Gasteiger partial charge in [0.15, 0.2) is 0 Å². The molecule has 1 atom stereocenters. The molecule has 0 aliphatic carbocycles. The first kappa shape index (κ1) is 8.07. The van der Waals surface area contributed by atoms with Gasteiger partial charge in [-0.3, -0.25) is 4.57 Å². The van der Waals surface area contributed by atoms with E-state index >= 15 is 0 Å². The van der Waals surface area contributed by atoms with E-state index in [1.165, 1.54) is 4.57 Å². The van der Waals surface area contributed by atoms with Crippen LogP contribution in [0, 0.1) is 0 Å². The van der Waals surface area contributed by atoms with Crippen molar-refractivity contribution in [3.63, 3.8) is 0 Å². The molecule has 1 aromatic heterocycles. The second kappa shape index (κ2) is 3.39. The van der Waals surface area contributed by atoms with Crippen molar-refractivity contribution in [2.75, 3.05) is 6.61 Å². The molecule has 0 saturated carbocycles. The summed E-state index contributed by atoms with van der Waals surface area (Å²) in [5, 5.41) is 8.85. The molecule has 0 amide bonds. The van der Waals surface area contributed by atoms with Crippen LogP contribution < -0.4 is 5.69 Å². The maximum atomic E-state index is 11.0. The molecule has 4 heteroatoms. The monoisotopic (exact) mass is 156 g/mol. The summed E-state index contributed by atoms with van der Waals surface area (Å²) in [5.74, 6) is 0. The largest absolute Gasteiger partial charge is 0.394 e. The molecule has 2 N–H and O–H groups in total. The molecule has 1 unspecified atom stereocenters. The Morgan fingerprint density at radius 2 is 2.55 bits per heavy atom. The van der Waals surface area contributed by atoms with Gasteiger partial charge in [0.05, 0.1) is 12.6 Å². The predicted octanol–water partition coefficient (Wildman–Crippen LogP) is 0.120. The van der Waals surface area contributed by atoms with Gasteiger partial charge in [0.2, 0.25) is 0 Å². The number of H-pyrrole nitrogens is 1. The van der Waals surface area contributed by atoms with Crippen molar-refractivity contribution in [1.82, 2.24) is 9.55 Å². The van der Waals surface area contributed by atoms with Crippen LogP contribution in [-0.2, 0) is 0 Å². The summed E-state index contributed by atoms with van der Waals surface area (Å²) < 4.78 is 1.50. The van der Waals surface area contributed by atoms with Crippen LogP contribution in [0.4, 0.5) is 0 Å². The van der Waals surface area contributed by atoms with Crippen molar-refractivity contribution in [3.8, 4) is 0 Å². The number of aliphatic hydroxyl groups excluding tert-OH is 1. The van der Waals surface area contributed by atoms with E-state index in [9.17, 15) is 4.79 Å². The molecule has 11 heavy (non-hydrogen) atoms. The highest BCUT2D eigenvalue weighted by molar-refractivity contribution is 4.80. The molecule has 0 radical (unpaired) electrons. The fourth-order valence-electron chi connectivity index (χ4n) is 1.03. The van der Waals surface area contributed by atoms with Crippen molar-refractivity contribution in [2.24, 2.45) is 0 Å². The van der Waals surface area contributed by atoms with Gasteiger partial charge in [0, 0.05) is 12.4 Å². The summed E-state index contributed by atoms with van der Waals surface area (Å²) in [4.78, 5) is 13.5. The SMILES string of the molecule is CCC(CO)n1cc[nH]c1=O. The number of imidazole rings is 1. The van der Waals surface area contributed by atoms with Gasteiger partial charge in [-0.05, 0) is 6.42 Å². The van der Waals surface area contributed by atoms with E-state index in [4.69, 9.17) is 5.11 Å². The molecule has 0 saturated heterocycles. The van der Waals surface area contributed by atoms with Gasteiger partial charge < -0.3 is 10.1 Å². The number of nitrogens with one attached hydrogen (secondary N) is 1. The number of aliphatic hydroxyl groups is 1. The summed E-state index contributed by atoms with van der Waals surface area (Å²) in [6.07, 6.45) is 3.97. The number of nitrogens with zero attached hydrogens (tertiary/aromatic N) is 1. The van der Waals surface area contributed by atoms with Crippen LogP contribution in [0.1, 0.15) is 19.4 Å². The van der Waals surface area contributed by atoms with E-state index in [0.717, 1.165) is 6.42 Å². The van der Waals surface area contributed by atoms with Crippen LogP contribution in [0.3, 0.4) is 0 Å². The van der Waals surface area contributed by atoms with Gasteiger partial charge in [0.1, 0.15) is 0 Å². The minimum absolute atomic E-state index is 0.00819. The zero-order valence-electron chi connectivity index (χ0n) is 6.45. The Morgan fingerprint density at radius 3 is 2.91 bits per heavy atom. The van der Waals surface area contributed by atoms with E-state index in [1.807, 2.05) is 6.92 Å². The lowest BCUT2D eigenvalue weighted by Gasteiger charge is -2.10. The highest BCUT2D eigenvalue weighted by Gasteiger charge is 2.07. The van der Waals surface area contributed by atoms with Crippen molar-refractivity contribution in [3.05, 3.63) is 22.9 Å². The molecule has 1 rings (SSSR count). The van der Waals surface area contributed by atoms with Gasteiger partial charge in [-0.15, -0.1) is 0 Å². The third-order valence-electron chi connectivity index (χ3n) is 1.75.